The van der Waals surface area contributed by atoms with E-state index in [1.54, 1.807) is 29.0 Å². The van der Waals surface area contributed by atoms with Gasteiger partial charge in [-0.2, -0.15) is 0 Å². The van der Waals surface area contributed by atoms with E-state index in [1.807, 2.05) is 4.40 Å². The Balaban J connectivity index is 1.88. The van der Waals surface area contributed by atoms with Crippen molar-refractivity contribution in [2.24, 2.45) is 5.73 Å². The number of hydrogen-bond donors (Lipinski definition) is 3. The van der Waals surface area contributed by atoms with E-state index in [9.17, 15) is 0 Å². The molecule has 0 radical (unpaired) electrons. The largest absolute Gasteiger partial charge is 0.370 e. The van der Waals surface area contributed by atoms with Crippen LogP contribution in [0.5, 0.6) is 0 Å². The van der Waals surface area contributed by atoms with Gasteiger partial charge in [0.2, 0.25) is 4.96 Å². The van der Waals surface area contributed by atoms with E-state index in [1.165, 1.54) is 10.6 Å². The maximum Gasteiger partial charge on any atom is 0.216 e. The number of aromatic nitrogens is 4. The number of hydrogen-bond acceptors (Lipinski definition) is 6. The van der Waals surface area contributed by atoms with Crippen LogP contribution >= 0.6 is 22.7 Å². The summed E-state index contributed by atoms with van der Waals surface area (Å²) in [4.78, 5) is 7.82. The Morgan fingerprint density at radius 1 is 1.42 bits per heavy atom. The molecule has 0 aromatic carbocycles. The van der Waals surface area contributed by atoms with Crippen molar-refractivity contribution in [2.45, 2.75) is 12.8 Å². The average Bonchev–Trinajstić information content (AvgIpc) is 2.98. The van der Waals surface area contributed by atoms with Crippen LogP contribution in [0.1, 0.15) is 10.6 Å². The number of guanidine groups is 1. The molecule has 0 saturated carbocycles. The van der Waals surface area contributed by atoms with Gasteiger partial charge in [-0.15, -0.1) is 21.5 Å². The summed E-state index contributed by atoms with van der Waals surface area (Å²) in [7, 11) is 0. The Bertz CT molecular complexity index is 796. The predicted molar refractivity (Wildman–Crippen MR) is 74.9 cm³/mol. The summed E-state index contributed by atoms with van der Waals surface area (Å²) in [5.41, 5.74) is 7.55. The Hall–Kier alpha value is -2.00. The van der Waals surface area contributed by atoms with Gasteiger partial charge < -0.3 is 11.1 Å². The predicted octanol–water partition coefficient (Wildman–Crippen LogP) is 1.32. The Kier molecular flexibility index (Phi) is 2.15. The molecular weight excluding hydrogens is 282 g/mol. The van der Waals surface area contributed by atoms with E-state index in [0.717, 1.165) is 28.4 Å². The van der Waals surface area contributed by atoms with Crippen molar-refractivity contribution in [3.05, 3.63) is 16.9 Å². The second-order valence-corrected chi connectivity index (χ2v) is 6.25. The smallest absolute Gasteiger partial charge is 0.216 e. The number of nitrogens with two attached hydrogens (primary N) is 1. The minimum atomic E-state index is -0.0866. The van der Waals surface area contributed by atoms with Crippen LogP contribution in [0.4, 0.5) is 5.13 Å². The highest BCUT2D eigenvalue weighted by Gasteiger charge is 2.25. The number of rotatable bonds is 1. The molecule has 7 nitrogen and oxygen atoms in total. The molecule has 1 aliphatic rings. The molecule has 3 aromatic rings. The molecule has 4 N–H and O–H groups in total. The zero-order valence-electron chi connectivity index (χ0n) is 9.67. The fourth-order valence-electron chi connectivity index (χ4n) is 2.26. The van der Waals surface area contributed by atoms with E-state index in [4.69, 9.17) is 11.1 Å². The normalized spacial score (nSPS) is 13.3. The first-order valence-electron chi connectivity index (χ1n) is 5.65. The third-order valence-electron chi connectivity index (χ3n) is 3.01. The summed E-state index contributed by atoms with van der Waals surface area (Å²) < 4.78 is 2.03. The molecule has 0 aliphatic heterocycles. The molecule has 96 valence electrons. The molecule has 0 saturated heterocycles. The summed E-state index contributed by atoms with van der Waals surface area (Å²) >= 11 is 3.16. The van der Waals surface area contributed by atoms with Gasteiger partial charge in [-0.3, -0.25) is 9.81 Å². The van der Waals surface area contributed by atoms with Crippen molar-refractivity contribution >= 4 is 38.7 Å². The SMILES string of the molecule is N=C(N)Nc1nc2c(s1)CCc1c-2sc2nncn12. The van der Waals surface area contributed by atoms with Crippen molar-refractivity contribution in [1.29, 1.82) is 5.41 Å². The van der Waals surface area contributed by atoms with E-state index in [-0.39, 0.29) is 5.96 Å². The number of thiazole rings is 2. The summed E-state index contributed by atoms with van der Waals surface area (Å²) in [5.74, 6) is -0.0866. The van der Waals surface area contributed by atoms with Crippen LogP contribution in [0.3, 0.4) is 0 Å². The molecule has 1 aliphatic carbocycles. The highest BCUT2D eigenvalue weighted by atomic mass is 32.1. The molecular formula is C10H9N7S2. The van der Waals surface area contributed by atoms with E-state index in [2.05, 4.69) is 20.5 Å². The molecule has 0 amide bonds. The number of nitrogens with zero attached hydrogens (tertiary/aromatic N) is 4. The second-order valence-electron chi connectivity index (χ2n) is 4.19. The van der Waals surface area contributed by atoms with Gasteiger partial charge in [0.25, 0.3) is 0 Å². The Morgan fingerprint density at radius 2 is 2.32 bits per heavy atom. The lowest BCUT2D eigenvalue weighted by Crippen LogP contribution is -2.20. The molecule has 0 atom stereocenters. The van der Waals surface area contributed by atoms with E-state index >= 15 is 0 Å². The van der Waals surface area contributed by atoms with Crippen LogP contribution < -0.4 is 11.1 Å². The summed E-state index contributed by atoms with van der Waals surface area (Å²) in [6.07, 6.45) is 3.66. The lowest BCUT2D eigenvalue weighted by molar-refractivity contribution is 0.890. The summed E-state index contributed by atoms with van der Waals surface area (Å²) in [6.45, 7) is 0. The molecule has 3 aromatic heterocycles. The fraction of sp³-hybridized carbons (Fsp3) is 0.200. The highest BCUT2D eigenvalue weighted by Crippen LogP contribution is 2.42. The number of fused-ring (bicyclic) bond motifs is 5. The van der Waals surface area contributed by atoms with E-state index < -0.39 is 0 Å². The topological polar surface area (TPSA) is 105 Å². The van der Waals surface area contributed by atoms with Gasteiger partial charge >= 0.3 is 0 Å². The van der Waals surface area contributed by atoms with Gasteiger partial charge in [0.15, 0.2) is 11.1 Å². The lowest BCUT2D eigenvalue weighted by Gasteiger charge is -2.09. The van der Waals surface area contributed by atoms with Crippen molar-refractivity contribution in [3.63, 3.8) is 0 Å². The third kappa shape index (κ3) is 1.55. The lowest BCUT2D eigenvalue weighted by atomic mass is 10.1. The number of aryl methyl sites for hydroxylation is 2. The van der Waals surface area contributed by atoms with Crippen molar-refractivity contribution in [3.8, 4) is 10.6 Å². The van der Waals surface area contributed by atoms with Gasteiger partial charge in [0.05, 0.1) is 10.6 Å². The maximum atomic E-state index is 7.26. The number of anilines is 1. The second kappa shape index (κ2) is 3.75. The number of nitrogens with one attached hydrogen (secondary N) is 2. The molecule has 4 rings (SSSR count). The first-order chi connectivity index (χ1) is 9.22. The molecule has 0 fully saturated rings. The molecule has 0 unspecified atom stereocenters. The Labute approximate surface area is 115 Å². The molecule has 3 heterocycles. The van der Waals surface area contributed by atoms with Gasteiger partial charge in [-0.25, -0.2) is 4.98 Å². The molecule has 9 heteroatoms. The van der Waals surface area contributed by atoms with Gasteiger partial charge in [-0.1, -0.05) is 11.3 Å². The molecule has 0 spiro atoms. The summed E-state index contributed by atoms with van der Waals surface area (Å²) in [6, 6.07) is 0. The quantitative estimate of drug-likeness (QED) is 0.463. The van der Waals surface area contributed by atoms with Crippen LogP contribution in [0.2, 0.25) is 0 Å². The van der Waals surface area contributed by atoms with Crippen LogP contribution in [-0.2, 0) is 12.8 Å². The monoisotopic (exact) mass is 291 g/mol. The molecule has 0 bridgehead atoms. The summed E-state index contributed by atoms with van der Waals surface area (Å²) in [5, 5.41) is 18.7. The van der Waals surface area contributed by atoms with Crippen LogP contribution in [-0.4, -0.2) is 25.5 Å². The van der Waals surface area contributed by atoms with Crippen LogP contribution in [0, 0.1) is 5.41 Å². The third-order valence-corrected chi connectivity index (χ3v) is 5.13. The fourth-order valence-corrected chi connectivity index (χ4v) is 4.41. The zero-order chi connectivity index (χ0) is 13.0. The van der Waals surface area contributed by atoms with Crippen molar-refractivity contribution in [1.82, 2.24) is 19.6 Å². The van der Waals surface area contributed by atoms with Gasteiger partial charge in [0, 0.05) is 10.6 Å². The minimum absolute atomic E-state index is 0.0866. The highest BCUT2D eigenvalue weighted by molar-refractivity contribution is 7.21. The van der Waals surface area contributed by atoms with Crippen molar-refractivity contribution < 1.29 is 0 Å². The zero-order valence-corrected chi connectivity index (χ0v) is 11.3. The van der Waals surface area contributed by atoms with Gasteiger partial charge in [0.1, 0.15) is 6.33 Å². The van der Waals surface area contributed by atoms with Gasteiger partial charge in [-0.05, 0) is 12.8 Å². The Morgan fingerprint density at radius 3 is 3.16 bits per heavy atom. The van der Waals surface area contributed by atoms with Crippen molar-refractivity contribution in [2.75, 3.05) is 5.32 Å². The maximum absolute atomic E-state index is 7.26. The molecule has 19 heavy (non-hydrogen) atoms. The first-order valence-corrected chi connectivity index (χ1v) is 7.28. The minimum Gasteiger partial charge on any atom is -0.370 e. The van der Waals surface area contributed by atoms with Crippen LogP contribution in [0.25, 0.3) is 15.5 Å². The standard InChI is InChI=1S/C10H9N7S2/c11-8(12)15-9-14-6-5(18-9)2-1-4-7(6)19-10-16-13-3-17(4)10/h3H,1-2H2,(H4,11,12,14,15). The first kappa shape index (κ1) is 10.9. The van der Waals surface area contributed by atoms with E-state index in [0.29, 0.717) is 5.13 Å². The average molecular weight is 291 g/mol. The van der Waals surface area contributed by atoms with Crippen LogP contribution in [0.15, 0.2) is 6.33 Å².